The summed E-state index contributed by atoms with van der Waals surface area (Å²) >= 11 is 9.85. The number of thiocarbonyl (C=S) groups is 1. The lowest BCUT2D eigenvalue weighted by Gasteiger charge is -2.09. The lowest BCUT2D eigenvalue weighted by atomic mass is 10.2. The minimum Gasteiger partial charge on any atom is -0.250 e. The molecule has 1 atom stereocenters. The summed E-state index contributed by atoms with van der Waals surface area (Å²) in [5.41, 5.74) is -0.997. The number of benzene rings is 1. The van der Waals surface area contributed by atoms with Crippen molar-refractivity contribution in [2.75, 3.05) is 6.54 Å². The quantitative estimate of drug-likeness (QED) is 0.450. The van der Waals surface area contributed by atoms with Crippen LogP contribution in [-0.4, -0.2) is 15.9 Å². The first-order chi connectivity index (χ1) is 9.36. The molecule has 108 valence electrons. The molecule has 1 aromatic carbocycles. The summed E-state index contributed by atoms with van der Waals surface area (Å²) in [5, 5.41) is 3.07. The standard InChI is InChI=1S/C12H9ClF3NOS2/c13-11-4-3-9(7-10(11)12(14,15)16)20(18)6-2-1-5-17-8-19/h2-4,6-7H,1,5H2/b6-2+. The Hall–Kier alpha value is -1.01. The minimum atomic E-state index is -4.57. The van der Waals surface area contributed by atoms with Crippen LogP contribution in [0, 0.1) is 0 Å². The van der Waals surface area contributed by atoms with Gasteiger partial charge in [-0.1, -0.05) is 17.7 Å². The van der Waals surface area contributed by atoms with Gasteiger partial charge in [-0.15, -0.1) is 0 Å². The Morgan fingerprint density at radius 2 is 2.15 bits per heavy atom. The van der Waals surface area contributed by atoms with Crippen LogP contribution in [0.3, 0.4) is 0 Å². The van der Waals surface area contributed by atoms with Gasteiger partial charge in [-0.2, -0.15) is 13.2 Å². The Labute approximate surface area is 126 Å². The molecule has 0 saturated carbocycles. The molecule has 20 heavy (non-hydrogen) atoms. The van der Waals surface area contributed by atoms with Crippen LogP contribution in [0.4, 0.5) is 13.2 Å². The SMILES string of the molecule is O=S(/C=C/CCN=C=S)c1ccc(Cl)c(C(F)(F)F)c1. The van der Waals surface area contributed by atoms with E-state index in [0.29, 0.717) is 13.0 Å². The Bertz CT molecular complexity index is 581. The zero-order valence-electron chi connectivity index (χ0n) is 9.98. The Morgan fingerprint density at radius 1 is 1.45 bits per heavy atom. The monoisotopic (exact) mass is 339 g/mol. The van der Waals surface area contributed by atoms with Crippen molar-refractivity contribution in [3.8, 4) is 0 Å². The van der Waals surface area contributed by atoms with Gasteiger partial charge in [-0.3, -0.25) is 0 Å². The molecule has 0 radical (unpaired) electrons. The second-order valence-corrected chi connectivity index (χ2v) is 5.50. The number of alkyl halides is 3. The van der Waals surface area contributed by atoms with Crippen LogP contribution in [-0.2, 0) is 17.0 Å². The van der Waals surface area contributed by atoms with Gasteiger partial charge in [0, 0.05) is 10.3 Å². The molecule has 1 unspecified atom stereocenters. The van der Waals surface area contributed by atoms with Crippen LogP contribution in [0.1, 0.15) is 12.0 Å². The summed E-state index contributed by atoms with van der Waals surface area (Å²) in [7, 11) is -1.67. The molecule has 0 aliphatic rings. The van der Waals surface area contributed by atoms with E-state index in [1.165, 1.54) is 11.5 Å². The van der Waals surface area contributed by atoms with Crippen LogP contribution in [0.2, 0.25) is 5.02 Å². The molecule has 0 heterocycles. The highest BCUT2D eigenvalue weighted by Gasteiger charge is 2.33. The molecule has 0 spiro atoms. The molecule has 1 rings (SSSR count). The number of hydrogen-bond donors (Lipinski definition) is 0. The van der Waals surface area contributed by atoms with Crippen molar-refractivity contribution in [1.82, 2.24) is 0 Å². The van der Waals surface area contributed by atoms with Crippen molar-refractivity contribution >= 4 is 39.8 Å². The van der Waals surface area contributed by atoms with Gasteiger partial charge in [-0.05, 0) is 36.8 Å². The van der Waals surface area contributed by atoms with Crippen molar-refractivity contribution in [3.05, 3.63) is 40.3 Å². The Balaban J connectivity index is 2.87. The normalized spacial score (nSPS) is 13.2. The summed E-state index contributed by atoms with van der Waals surface area (Å²) < 4.78 is 49.8. The fraction of sp³-hybridized carbons (Fsp3) is 0.250. The van der Waals surface area contributed by atoms with E-state index in [0.717, 1.165) is 12.1 Å². The Morgan fingerprint density at radius 3 is 2.75 bits per heavy atom. The highest BCUT2D eigenvalue weighted by Crippen LogP contribution is 2.35. The number of nitrogens with zero attached hydrogens (tertiary/aromatic N) is 1. The van der Waals surface area contributed by atoms with Gasteiger partial charge in [-0.25, -0.2) is 9.20 Å². The van der Waals surface area contributed by atoms with Crippen molar-refractivity contribution < 1.29 is 17.4 Å². The van der Waals surface area contributed by atoms with Gasteiger partial charge >= 0.3 is 6.18 Å². The third-order valence-corrected chi connectivity index (χ3v) is 3.78. The maximum atomic E-state index is 12.7. The molecule has 0 aliphatic carbocycles. The summed E-state index contributed by atoms with van der Waals surface area (Å²) in [5.74, 6) is 0. The van der Waals surface area contributed by atoms with E-state index in [9.17, 15) is 17.4 Å². The third-order valence-electron chi connectivity index (χ3n) is 2.17. The van der Waals surface area contributed by atoms with Gasteiger partial charge in [0.25, 0.3) is 0 Å². The maximum Gasteiger partial charge on any atom is 0.417 e. The minimum absolute atomic E-state index is 0.0382. The van der Waals surface area contributed by atoms with Gasteiger partial charge in [0.2, 0.25) is 0 Å². The van der Waals surface area contributed by atoms with Crippen molar-refractivity contribution in [2.24, 2.45) is 4.99 Å². The first-order valence-electron chi connectivity index (χ1n) is 5.34. The van der Waals surface area contributed by atoms with E-state index < -0.39 is 27.6 Å². The summed E-state index contributed by atoms with van der Waals surface area (Å²) in [6.07, 6.45) is -2.53. The molecule has 0 fully saturated rings. The Kier molecular flexibility index (Phi) is 6.55. The lowest BCUT2D eigenvalue weighted by Crippen LogP contribution is -2.06. The smallest absolute Gasteiger partial charge is 0.250 e. The van der Waals surface area contributed by atoms with E-state index in [2.05, 4.69) is 22.4 Å². The van der Waals surface area contributed by atoms with Crippen LogP contribution in [0.15, 0.2) is 39.6 Å². The van der Waals surface area contributed by atoms with Crippen molar-refractivity contribution in [2.45, 2.75) is 17.5 Å². The predicted octanol–water partition coefficient (Wildman–Crippen LogP) is 4.47. The molecule has 0 N–H and O–H groups in total. The van der Waals surface area contributed by atoms with Crippen molar-refractivity contribution in [3.63, 3.8) is 0 Å². The second kappa shape index (κ2) is 7.69. The number of isothiocyanates is 1. The summed E-state index contributed by atoms with van der Waals surface area (Å²) in [4.78, 5) is 3.69. The number of aliphatic imine (C=N–C) groups is 1. The highest BCUT2D eigenvalue weighted by atomic mass is 35.5. The van der Waals surface area contributed by atoms with Gasteiger partial charge in [0.05, 0.1) is 33.1 Å². The molecule has 1 aromatic rings. The van der Waals surface area contributed by atoms with E-state index in [4.69, 9.17) is 11.6 Å². The second-order valence-electron chi connectivity index (χ2n) is 3.57. The van der Waals surface area contributed by atoms with Crippen LogP contribution >= 0.6 is 23.8 Å². The molecule has 0 amide bonds. The van der Waals surface area contributed by atoms with Gasteiger partial charge in [0.15, 0.2) is 0 Å². The summed E-state index contributed by atoms with van der Waals surface area (Å²) in [6.45, 7) is 0.394. The fourth-order valence-corrected chi connectivity index (χ4v) is 2.49. The average Bonchev–Trinajstić information content (AvgIpc) is 2.37. The number of rotatable bonds is 5. The van der Waals surface area contributed by atoms with E-state index >= 15 is 0 Å². The largest absolute Gasteiger partial charge is 0.417 e. The number of halogens is 4. The van der Waals surface area contributed by atoms with E-state index in [1.807, 2.05) is 0 Å². The number of hydrogen-bond acceptors (Lipinski definition) is 3. The third kappa shape index (κ3) is 5.17. The van der Waals surface area contributed by atoms with Crippen LogP contribution in [0.5, 0.6) is 0 Å². The molecule has 0 saturated heterocycles. The topological polar surface area (TPSA) is 29.4 Å². The molecular formula is C12H9ClF3NOS2. The molecule has 2 nitrogen and oxygen atoms in total. The van der Waals surface area contributed by atoms with Crippen molar-refractivity contribution in [1.29, 1.82) is 0 Å². The zero-order chi connectivity index (χ0) is 15.2. The van der Waals surface area contributed by atoms with E-state index in [1.54, 1.807) is 6.08 Å². The predicted molar refractivity (Wildman–Crippen MR) is 76.5 cm³/mol. The van der Waals surface area contributed by atoms with Gasteiger partial charge < -0.3 is 0 Å². The van der Waals surface area contributed by atoms with E-state index in [-0.39, 0.29) is 4.90 Å². The molecular weight excluding hydrogens is 331 g/mol. The lowest BCUT2D eigenvalue weighted by molar-refractivity contribution is -0.137. The molecule has 0 aromatic heterocycles. The average molecular weight is 340 g/mol. The first kappa shape index (κ1) is 17.0. The van der Waals surface area contributed by atoms with Crippen LogP contribution in [0.25, 0.3) is 0 Å². The molecule has 0 bridgehead atoms. The summed E-state index contributed by atoms with van der Waals surface area (Å²) in [6, 6.07) is 3.17. The fourth-order valence-electron chi connectivity index (χ4n) is 1.27. The highest BCUT2D eigenvalue weighted by molar-refractivity contribution is 7.88. The molecule has 0 aliphatic heterocycles. The van der Waals surface area contributed by atoms with Gasteiger partial charge in [0.1, 0.15) is 0 Å². The molecule has 8 heteroatoms. The maximum absolute atomic E-state index is 12.7. The first-order valence-corrected chi connectivity index (χ1v) is 7.34. The van der Waals surface area contributed by atoms with Crippen LogP contribution < -0.4 is 0 Å². The zero-order valence-corrected chi connectivity index (χ0v) is 12.4.